The van der Waals surface area contributed by atoms with E-state index in [0.29, 0.717) is 71.9 Å². The van der Waals surface area contributed by atoms with Crippen molar-refractivity contribution in [3.05, 3.63) is 65.9 Å². The number of aromatic nitrogens is 3. The smallest absolute Gasteiger partial charge is 0.382 e. The Bertz CT molecular complexity index is 1800. The number of carbonyl (C=O) groups is 1. The monoisotopic (exact) mass is 657 g/mol. The molecule has 46 heavy (non-hydrogen) atoms. The molecule has 2 aromatic carbocycles. The lowest BCUT2D eigenvalue weighted by Gasteiger charge is -2.34. The van der Waals surface area contributed by atoms with E-state index >= 15 is 0 Å². The quantitative estimate of drug-likeness (QED) is 0.234. The molecule has 4 aromatic rings. The summed E-state index contributed by atoms with van der Waals surface area (Å²) in [5.74, 6) is -1.44. The van der Waals surface area contributed by atoms with Crippen molar-refractivity contribution in [3.8, 4) is 34.0 Å². The Kier molecular flexibility index (Phi) is 9.49. The number of nitrogens with two attached hydrogens (primary N) is 1. The van der Waals surface area contributed by atoms with E-state index in [2.05, 4.69) is 15.1 Å². The second-order valence-corrected chi connectivity index (χ2v) is 13.8. The second-order valence-electron chi connectivity index (χ2n) is 11.3. The van der Waals surface area contributed by atoms with Gasteiger partial charge in [0.05, 0.1) is 22.0 Å². The molecule has 10 nitrogen and oxygen atoms in total. The first-order valence-corrected chi connectivity index (χ1v) is 16.4. The summed E-state index contributed by atoms with van der Waals surface area (Å²) >= 11 is 0. The van der Waals surface area contributed by atoms with Gasteiger partial charge in [-0.05, 0) is 50.8 Å². The zero-order valence-electron chi connectivity index (χ0n) is 25.5. The SMILES string of the molecule is CCc1c(-c2ccc(CN(C(=O)C(F)(F)F)C3CCOCC3)cc2)noc1-c1nc(-c2ccc(S(=O)(=O)C(C)C)cc2)cnc1N. The van der Waals surface area contributed by atoms with E-state index < -0.39 is 33.2 Å². The molecule has 5 rings (SSSR count). The molecule has 3 heterocycles. The molecule has 0 unspecified atom stereocenters. The molecule has 0 saturated carbocycles. The summed E-state index contributed by atoms with van der Waals surface area (Å²) in [6.07, 6.45) is -2.34. The lowest BCUT2D eigenvalue weighted by atomic mass is 10.0. The van der Waals surface area contributed by atoms with Crippen LogP contribution in [0.5, 0.6) is 0 Å². The van der Waals surface area contributed by atoms with E-state index in [0.717, 1.165) is 4.90 Å². The van der Waals surface area contributed by atoms with Gasteiger partial charge < -0.3 is 19.9 Å². The van der Waals surface area contributed by atoms with Gasteiger partial charge >= 0.3 is 12.1 Å². The van der Waals surface area contributed by atoms with Gasteiger partial charge in [0.25, 0.3) is 0 Å². The van der Waals surface area contributed by atoms with Gasteiger partial charge in [-0.15, -0.1) is 0 Å². The average Bonchev–Trinajstić information content (AvgIpc) is 3.47. The number of amides is 1. The van der Waals surface area contributed by atoms with E-state index in [9.17, 15) is 26.4 Å². The van der Waals surface area contributed by atoms with E-state index in [1.54, 1.807) is 50.2 Å². The summed E-state index contributed by atoms with van der Waals surface area (Å²) in [6.45, 7) is 5.55. The van der Waals surface area contributed by atoms with Gasteiger partial charge in [0, 0.05) is 42.5 Å². The Labute approximate surface area is 264 Å². The lowest BCUT2D eigenvalue weighted by molar-refractivity contribution is -0.190. The number of benzene rings is 2. The first-order valence-electron chi connectivity index (χ1n) is 14.8. The van der Waals surface area contributed by atoms with Crippen molar-refractivity contribution in [2.75, 3.05) is 18.9 Å². The van der Waals surface area contributed by atoms with Crippen LogP contribution in [0.3, 0.4) is 0 Å². The molecule has 14 heteroatoms. The van der Waals surface area contributed by atoms with Crippen LogP contribution in [0, 0.1) is 0 Å². The molecule has 1 aliphatic heterocycles. The normalized spacial score (nSPS) is 14.5. The van der Waals surface area contributed by atoms with Crippen LogP contribution in [-0.2, 0) is 32.3 Å². The number of ether oxygens (including phenoxy) is 1. The van der Waals surface area contributed by atoms with Crippen LogP contribution in [-0.4, -0.2) is 65.0 Å². The van der Waals surface area contributed by atoms with E-state index in [1.165, 1.54) is 18.3 Å². The molecule has 0 spiro atoms. The van der Waals surface area contributed by atoms with Crippen molar-refractivity contribution in [2.45, 2.75) is 68.9 Å². The zero-order chi connectivity index (χ0) is 33.2. The predicted octanol–water partition coefficient (Wildman–Crippen LogP) is 5.86. The average molecular weight is 658 g/mol. The van der Waals surface area contributed by atoms with Gasteiger partial charge in [-0.3, -0.25) is 4.79 Å². The van der Waals surface area contributed by atoms with E-state index in [1.807, 2.05) is 6.92 Å². The van der Waals surface area contributed by atoms with Gasteiger partial charge in [0.15, 0.2) is 27.1 Å². The molecule has 1 amide bonds. The summed E-state index contributed by atoms with van der Waals surface area (Å²) in [5, 5.41) is 3.71. The van der Waals surface area contributed by atoms with Crippen LogP contribution in [0.15, 0.2) is 64.1 Å². The van der Waals surface area contributed by atoms with Crippen LogP contribution in [0.1, 0.15) is 44.7 Å². The highest BCUT2D eigenvalue weighted by molar-refractivity contribution is 7.92. The van der Waals surface area contributed by atoms with Crippen LogP contribution in [0.4, 0.5) is 19.0 Å². The third-order valence-electron chi connectivity index (χ3n) is 7.97. The number of hydrogen-bond acceptors (Lipinski definition) is 9. The second kappa shape index (κ2) is 13.2. The molecule has 1 saturated heterocycles. The molecule has 0 radical (unpaired) electrons. The summed E-state index contributed by atoms with van der Waals surface area (Å²) in [6, 6.07) is 12.5. The Morgan fingerprint density at radius 3 is 2.24 bits per heavy atom. The topological polar surface area (TPSA) is 142 Å². The maximum absolute atomic E-state index is 13.4. The van der Waals surface area contributed by atoms with Gasteiger partial charge in [-0.25, -0.2) is 18.4 Å². The molecule has 0 atom stereocenters. The van der Waals surface area contributed by atoms with Gasteiger partial charge in [-0.2, -0.15) is 13.2 Å². The largest absolute Gasteiger partial charge is 0.471 e. The molecule has 1 aliphatic rings. The zero-order valence-corrected chi connectivity index (χ0v) is 26.4. The fourth-order valence-corrected chi connectivity index (χ4v) is 6.39. The standard InChI is InChI=1S/C32H34F3N5O5S/c1-4-25-27(22-7-5-20(6-8-22)18-40(31(41)32(33,34)35)23-13-15-44-16-14-23)39-45-29(25)28-30(36)37-17-26(38-28)21-9-11-24(12-10-21)46(42,43)19(2)3/h5-12,17,19,23H,4,13-16,18H2,1-3H3,(H2,36,37). The molecule has 244 valence electrons. The highest BCUT2D eigenvalue weighted by Crippen LogP contribution is 2.35. The van der Waals surface area contributed by atoms with Crippen molar-refractivity contribution in [3.63, 3.8) is 0 Å². The molecule has 1 fully saturated rings. The number of rotatable bonds is 9. The third kappa shape index (κ3) is 6.77. The highest BCUT2D eigenvalue weighted by Gasteiger charge is 2.44. The summed E-state index contributed by atoms with van der Waals surface area (Å²) < 4.78 is 76.3. The minimum Gasteiger partial charge on any atom is -0.382 e. The van der Waals surface area contributed by atoms with Crippen LogP contribution in [0.2, 0.25) is 0 Å². The van der Waals surface area contributed by atoms with Crippen molar-refractivity contribution >= 4 is 21.6 Å². The number of nitrogens with zero attached hydrogens (tertiary/aromatic N) is 4. The van der Waals surface area contributed by atoms with Gasteiger partial charge in [-0.1, -0.05) is 48.5 Å². The minimum absolute atomic E-state index is 0.109. The predicted molar refractivity (Wildman–Crippen MR) is 165 cm³/mol. The van der Waals surface area contributed by atoms with Crippen LogP contribution >= 0.6 is 0 Å². The van der Waals surface area contributed by atoms with Gasteiger partial charge in [0.2, 0.25) is 0 Å². The number of alkyl halides is 3. The fourth-order valence-electron chi connectivity index (χ4n) is 5.33. The Morgan fingerprint density at radius 2 is 1.65 bits per heavy atom. The van der Waals surface area contributed by atoms with Crippen molar-refractivity contribution in [2.24, 2.45) is 0 Å². The van der Waals surface area contributed by atoms with Crippen molar-refractivity contribution in [1.82, 2.24) is 20.0 Å². The Balaban J connectivity index is 1.41. The molecular weight excluding hydrogens is 623 g/mol. The lowest BCUT2D eigenvalue weighted by Crippen LogP contribution is -2.48. The number of anilines is 1. The van der Waals surface area contributed by atoms with Crippen molar-refractivity contribution in [1.29, 1.82) is 0 Å². The van der Waals surface area contributed by atoms with Gasteiger partial charge in [0.1, 0.15) is 5.69 Å². The van der Waals surface area contributed by atoms with Crippen LogP contribution < -0.4 is 5.73 Å². The maximum Gasteiger partial charge on any atom is 0.471 e. The van der Waals surface area contributed by atoms with E-state index in [4.69, 9.17) is 15.0 Å². The summed E-state index contributed by atoms with van der Waals surface area (Å²) in [4.78, 5) is 22.3. The number of hydrogen-bond donors (Lipinski definition) is 1. The van der Waals surface area contributed by atoms with E-state index in [-0.39, 0.29) is 23.0 Å². The molecule has 2 N–H and O–H groups in total. The van der Waals surface area contributed by atoms with Crippen LogP contribution in [0.25, 0.3) is 34.0 Å². The maximum atomic E-state index is 13.4. The minimum atomic E-state index is -4.98. The highest BCUT2D eigenvalue weighted by atomic mass is 32.2. The fraction of sp³-hybridized carbons (Fsp3) is 0.375. The summed E-state index contributed by atoms with van der Waals surface area (Å²) in [7, 11) is -3.44. The Morgan fingerprint density at radius 1 is 1.02 bits per heavy atom. The number of carbonyl (C=O) groups excluding carboxylic acids is 1. The number of sulfone groups is 1. The third-order valence-corrected chi connectivity index (χ3v) is 10.1. The first kappa shape index (κ1) is 33.1. The molecule has 0 bridgehead atoms. The first-order chi connectivity index (χ1) is 21.8. The molecule has 2 aromatic heterocycles. The number of nitrogen functional groups attached to an aromatic ring is 1. The Hall–Kier alpha value is -4.30. The summed E-state index contributed by atoms with van der Waals surface area (Å²) in [5.41, 5.74) is 9.94. The molecule has 0 aliphatic carbocycles. The van der Waals surface area contributed by atoms with Crippen molar-refractivity contribution < 1.29 is 35.6 Å². The molecular formula is C32H34F3N5O5S. The number of halogens is 3.